The molecule has 1 atom stereocenters. The van der Waals surface area contributed by atoms with Gasteiger partial charge in [0.05, 0.1) is 24.3 Å². The van der Waals surface area contributed by atoms with Crippen molar-refractivity contribution < 1.29 is 32.2 Å². The number of halogens is 3. The highest BCUT2D eigenvalue weighted by molar-refractivity contribution is 6.08. The van der Waals surface area contributed by atoms with Crippen LogP contribution in [0.4, 0.5) is 13.2 Å². The number of Topliss-reactive ketones (excluding diaryl/α,β-unsaturated/α-hetero) is 1. The fourth-order valence-electron chi connectivity index (χ4n) is 5.29. The number of methoxy groups -OCH3 is 2. The van der Waals surface area contributed by atoms with Crippen molar-refractivity contribution in [1.29, 1.82) is 0 Å². The Hall–Kier alpha value is -3.76. The third-order valence-electron chi connectivity index (χ3n) is 7.62. The molecule has 7 nitrogen and oxygen atoms in total. The molecule has 0 bridgehead atoms. The minimum atomic E-state index is -3.38. The van der Waals surface area contributed by atoms with Gasteiger partial charge in [-0.1, -0.05) is 18.7 Å². The molecule has 224 valence electrons. The minimum Gasteiger partial charge on any atom is -0.384 e. The Kier molecular flexibility index (Phi) is 10.3. The molecule has 1 aliphatic carbocycles. The Morgan fingerprint density at radius 1 is 1.14 bits per heavy atom. The first-order valence-electron chi connectivity index (χ1n) is 14.0. The van der Waals surface area contributed by atoms with Gasteiger partial charge in [-0.15, -0.1) is 0 Å². The quantitative estimate of drug-likeness (QED) is 0.151. The Labute approximate surface area is 243 Å². The summed E-state index contributed by atoms with van der Waals surface area (Å²) in [4.78, 5) is 26.0. The first-order chi connectivity index (χ1) is 20.2. The molecular formula is C32H36F3N3O4. The van der Waals surface area contributed by atoms with Crippen LogP contribution in [0.25, 0.3) is 10.9 Å². The van der Waals surface area contributed by atoms with E-state index < -0.39 is 23.1 Å². The molecule has 1 aliphatic rings. The number of alkyl halides is 2. The lowest BCUT2D eigenvalue weighted by atomic mass is 9.95. The van der Waals surface area contributed by atoms with E-state index in [2.05, 4.69) is 11.9 Å². The molecule has 42 heavy (non-hydrogen) atoms. The van der Waals surface area contributed by atoms with E-state index in [0.29, 0.717) is 75.3 Å². The highest BCUT2D eigenvalue weighted by Crippen LogP contribution is 2.32. The van der Waals surface area contributed by atoms with Crippen LogP contribution in [-0.4, -0.2) is 55.4 Å². The molecule has 4 rings (SSSR count). The number of benzene rings is 2. The number of ether oxygens (including phenoxy) is 2. The van der Waals surface area contributed by atoms with Gasteiger partial charge in [0.25, 0.3) is 11.8 Å². The molecule has 0 aliphatic heterocycles. The van der Waals surface area contributed by atoms with Crippen molar-refractivity contribution in [3.63, 3.8) is 0 Å². The number of nitrogens with zero attached hydrogens (tertiary/aromatic N) is 2. The number of carbonyl (C=O) groups is 2. The van der Waals surface area contributed by atoms with Gasteiger partial charge in [-0.2, -0.15) is 13.9 Å². The van der Waals surface area contributed by atoms with E-state index in [4.69, 9.17) is 14.6 Å². The molecule has 0 fully saturated rings. The fourth-order valence-corrected chi connectivity index (χ4v) is 5.29. The van der Waals surface area contributed by atoms with Crippen LogP contribution < -0.4 is 5.32 Å². The molecule has 0 spiro atoms. The summed E-state index contributed by atoms with van der Waals surface area (Å²) in [6.07, 6.45) is 7.34. The summed E-state index contributed by atoms with van der Waals surface area (Å²) in [5.74, 6) is -4.80. The fraction of sp³-hybridized carbons (Fsp3) is 0.406. The average Bonchev–Trinajstić information content (AvgIpc) is 3.25. The largest absolute Gasteiger partial charge is 0.384 e. The zero-order valence-electron chi connectivity index (χ0n) is 23.9. The molecule has 0 saturated heterocycles. The lowest BCUT2D eigenvalue weighted by molar-refractivity contribution is 0.0521. The number of ketones is 1. The zero-order chi connectivity index (χ0) is 30.3. The number of hydrogen-bond donors (Lipinski definition) is 1. The van der Waals surface area contributed by atoms with Gasteiger partial charge >= 0.3 is 0 Å². The Balaban J connectivity index is 1.46. The molecular weight excluding hydrogens is 547 g/mol. The number of aromatic nitrogens is 2. The van der Waals surface area contributed by atoms with Crippen molar-refractivity contribution in [2.75, 3.05) is 34.0 Å². The van der Waals surface area contributed by atoms with E-state index in [1.54, 1.807) is 20.3 Å². The second kappa shape index (κ2) is 13.9. The number of fused-ring (bicyclic) bond motifs is 1. The van der Waals surface area contributed by atoms with Gasteiger partial charge in [0, 0.05) is 50.0 Å². The molecule has 3 aromatic rings. The Morgan fingerprint density at radius 3 is 2.62 bits per heavy atom. The highest BCUT2D eigenvalue weighted by Gasteiger charge is 2.29. The Morgan fingerprint density at radius 2 is 1.90 bits per heavy atom. The van der Waals surface area contributed by atoms with Gasteiger partial charge in [-0.3, -0.25) is 14.3 Å². The first-order valence-corrected chi connectivity index (χ1v) is 14.0. The maximum Gasteiger partial charge on any atom is 0.291 e. The topological polar surface area (TPSA) is 82.5 Å². The smallest absolute Gasteiger partial charge is 0.291 e. The summed E-state index contributed by atoms with van der Waals surface area (Å²) in [5.41, 5.74) is 1.94. The van der Waals surface area contributed by atoms with E-state index in [1.807, 2.05) is 23.0 Å². The van der Waals surface area contributed by atoms with Crippen LogP contribution in [0.1, 0.15) is 57.5 Å². The molecule has 0 saturated carbocycles. The third-order valence-corrected chi connectivity index (χ3v) is 7.62. The van der Waals surface area contributed by atoms with E-state index >= 15 is 0 Å². The minimum absolute atomic E-state index is 0.180. The SMILES string of the molecule is C=CC(F)(F)c1ccc(C(=O)C2=CCCC(Cn3cc4c(CCOC)c(C(=O)NCCOC)ccc4n3)CC2)c(F)c1. The van der Waals surface area contributed by atoms with Crippen LogP contribution >= 0.6 is 0 Å². The summed E-state index contributed by atoms with van der Waals surface area (Å²) in [5, 5.41) is 8.51. The van der Waals surface area contributed by atoms with Crippen LogP contribution in [-0.2, 0) is 28.4 Å². The number of carbonyl (C=O) groups excluding carboxylic acids is 2. The maximum absolute atomic E-state index is 14.7. The van der Waals surface area contributed by atoms with E-state index in [0.717, 1.165) is 35.0 Å². The number of hydrogen-bond acceptors (Lipinski definition) is 5. The van der Waals surface area contributed by atoms with Crippen molar-refractivity contribution in [1.82, 2.24) is 15.1 Å². The average molecular weight is 584 g/mol. The van der Waals surface area contributed by atoms with Crippen molar-refractivity contribution in [3.05, 3.63) is 88.9 Å². The molecule has 10 heteroatoms. The summed E-state index contributed by atoms with van der Waals surface area (Å²) >= 11 is 0. The van der Waals surface area contributed by atoms with Crippen LogP contribution in [0.2, 0.25) is 0 Å². The van der Waals surface area contributed by atoms with Crippen molar-refractivity contribution >= 4 is 22.6 Å². The predicted octanol–water partition coefficient (Wildman–Crippen LogP) is 6.02. The molecule has 1 heterocycles. The monoisotopic (exact) mass is 583 g/mol. The number of nitrogens with one attached hydrogen (secondary N) is 1. The molecule has 2 aromatic carbocycles. The van der Waals surface area contributed by atoms with Crippen molar-refractivity contribution in [2.24, 2.45) is 5.92 Å². The van der Waals surface area contributed by atoms with Gasteiger partial charge in [-0.25, -0.2) is 4.39 Å². The molecule has 0 radical (unpaired) electrons. The normalized spacial score (nSPS) is 15.7. The molecule has 1 amide bonds. The van der Waals surface area contributed by atoms with Crippen LogP contribution in [0, 0.1) is 11.7 Å². The molecule has 1 unspecified atom stereocenters. The van der Waals surface area contributed by atoms with Crippen LogP contribution in [0.5, 0.6) is 0 Å². The van der Waals surface area contributed by atoms with Gasteiger partial charge in [-0.05, 0) is 79.5 Å². The van der Waals surface area contributed by atoms with Gasteiger partial charge in [0.15, 0.2) is 5.78 Å². The molecule has 1 aromatic heterocycles. The Bertz CT molecular complexity index is 1480. The highest BCUT2D eigenvalue weighted by atomic mass is 19.3. The van der Waals surface area contributed by atoms with E-state index in [9.17, 15) is 22.8 Å². The van der Waals surface area contributed by atoms with E-state index in [-0.39, 0.29) is 17.4 Å². The van der Waals surface area contributed by atoms with Crippen molar-refractivity contribution in [3.8, 4) is 0 Å². The summed E-state index contributed by atoms with van der Waals surface area (Å²) in [6, 6.07) is 6.51. The predicted molar refractivity (Wildman–Crippen MR) is 154 cm³/mol. The second-order valence-electron chi connectivity index (χ2n) is 10.4. The number of amides is 1. The zero-order valence-corrected chi connectivity index (χ0v) is 23.9. The lowest BCUT2D eigenvalue weighted by Crippen LogP contribution is -2.28. The van der Waals surface area contributed by atoms with Gasteiger partial charge in [0.2, 0.25) is 0 Å². The van der Waals surface area contributed by atoms with Gasteiger partial charge < -0.3 is 14.8 Å². The van der Waals surface area contributed by atoms with Crippen LogP contribution in [0.3, 0.4) is 0 Å². The van der Waals surface area contributed by atoms with E-state index in [1.165, 1.54) is 0 Å². The maximum atomic E-state index is 14.7. The van der Waals surface area contributed by atoms with Crippen LogP contribution in [0.15, 0.2) is 60.8 Å². The summed E-state index contributed by atoms with van der Waals surface area (Å²) < 4.78 is 54.6. The molecule has 1 N–H and O–H groups in total. The summed E-state index contributed by atoms with van der Waals surface area (Å²) in [7, 11) is 3.19. The first kappa shape index (κ1) is 31.2. The lowest BCUT2D eigenvalue weighted by Gasteiger charge is -2.15. The number of rotatable bonds is 13. The number of allylic oxidation sites excluding steroid dienone is 3. The standard InChI is InChI=1S/C32H36F3N3O4/c1-4-32(34,35)23-10-11-26(28(33)18-23)30(39)22-7-5-6-21(8-9-22)19-38-20-27-24(14-16-41-2)25(12-13-29(27)37-38)31(40)36-15-17-42-3/h4,7,10-13,18,20-21H,1,5-6,8-9,14-17,19H2,2-3H3,(H,36,40). The third kappa shape index (κ3) is 7.17. The van der Waals surface area contributed by atoms with Crippen molar-refractivity contribution in [2.45, 2.75) is 44.6 Å². The van der Waals surface area contributed by atoms with Gasteiger partial charge in [0.1, 0.15) is 5.82 Å². The second-order valence-corrected chi connectivity index (χ2v) is 10.4. The summed E-state index contributed by atoms with van der Waals surface area (Å²) in [6.45, 7) is 4.97.